The average molecular weight is 417 g/mol. The summed E-state index contributed by atoms with van der Waals surface area (Å²) in [7, 11) is 2.03. The summed E-state index contributed by atoms with van der Waals surface area (Å²) in [5.41, 5.74) is 8.14. The van der Waals surface area contributed by atoms with E-state index in [1.807, 2.05) is 18.5 Å². The lowest BCUT2D eigenvalue weighted by Crippen LogP contribution is -2.19. The van der Waals surface area contributed by atoms with Gasteiger partial charge in [0.15, 0.2) is 5.71 Å². The van der Waals surface area contributed by atoms with Crippen LogP contribution in [0.25, 0.3) is 11.3 Å². The highest BCUT2D eigenvalue weighted by Crippen LogP contribution is 2.29. The van der Waals surface area contributed by atoms with Crippen LogP contribution >= 0.6 is 11.3 Å². The van der Waals surface area contributed by atoms with Crippen molar-refractivity contribution in [2.45, 2.75) is 13.8 Å². The van der Waals surface area contributed by atoms with Gasteiger partial charge in [-0.15, -0.1) is 11.3 Å². The van der Waals surface area contributed by atoms with Gasteiger partial charge in [0.25, 0.3) is 0 Å². The van der Waals surface area contributed by atoms with Crippen molar-refractivity contribution in [1.29, 1.82) is 0 Å². The van der Waals surface area contributed by atoms with Crippen LogP contribution < -0.4 is 5.43 Å². The van der Waals surface area contributed by atoms with Crippen molar-refractivity contribution in [2.75, 3.05) is 5.43 Å². The maximum Gasteiger partial charge on any atom is 0.233 e. The van der Waals surface area contributed by atoms with Gasteiger partial charge < -0.3 is 4.57 Å². The molecule has 0 bridgehead atoms. The van der Waals surface area contributed by atoms with Crippen LogP contribution in [0.1, 0.15) is 27.6 Å². The van der Waals surface area contributed by atoms with Crippen molar-refractivity contribution in [3.63, 3.8) is 0 Å². The molecule has 0 amide bonds. The molecule has 1 N–H and O–H groups in total. The highest BCUT2D eigenvalue weighted by atomic mass is 32.1. The molecule has 4 aromatic heterocycles. The van der Waals surface area contributed by atoms with Crippen LogP contribution in [0.3, 0.4) is 0 Å². The highest BCUT2D eigenvalue weighted by molar-refractivity contribution is 7.14. The summed E-state index contributed by atoms with van der Waals surface area (Å²) in [6.07, 6.45) is 3.20. The number of rotatable bonds is 6. The second-order valence-electron chi connectivity index (χ2n) is 6.71. The second kappa shape index (κ2) is 8.38. The average Bonchev–Trinajstić information content (AvgIpc) is 3.35. The molecule has 0 aliphatic heterocycles. The van der Waals surface area contributed by atoms with E-state index >= 15 is 0 Å². The molecule has 4 rings (SSSR count). The van der Waals surface area contributed by atoms with E-state index in [4.69, 9.17) is 0 Å². The number of thiazole rings is 1. The van der Waals surface area contributed by atoms with E-state index in [2.05, 4.69) is 50.0 Å². The number of anilines is 1. The monoisotopic (exact) mass is 416 g/mol. The number of nitrogens with zero attached hydrogens (tertiary/aromatic N) is 5. The number of aryl methyl sites for hydroxylation is 1. The fraction of sp³-hybridized carbons (Fsp3) is 0.136. The smallest absolute Gasteiger partial charge is 0.233 e. The molecule has 7 nitrogen and oxygen atoms in total. The Morgan fingerprint density at radius 1 is 1.07 bits per heavy atom. The van der Waals surface area contributed by atoms with Gasteiger partial charge in [0.2, 0.25) is 10.9 Å². The third kappa shape index (κ3) is 3.90. The number of hydrogen-bond acceptors (Lipinski definition) is 7. The molecule has 30 heavy (non-hydrogen) atoms. The van der Waals surface area contributed by atoms with E-state index in [1.54, 1.807) is 42.7 Å². The molecule has 4 aromatic rings. The van der Waals surface area contributed by atoms with E-state index in [-0.39, 0.29) is 11.5 Å². The van der Waals surface area contributed by atoms with E-state index in [1.165, 1.54) is 17.0 Å². The highest BCUT2D eigenvalue weighted by Gasteiger charge is 2.19. The van der Waals surface area contributed by atoms with Crippen LogP contribution in [-0.2, 0) is 7.05 Å². The number of pyridine rings is 2. The Morgan fingerprint density at radius 2 is 1.77 bits per heavy atom. The van der Waals surface area contributed by atoms with Crippen LogP contribution in [0, 0.1) is 13.8 Å². The molecule has 0 aromatic carbocycles. The number of hydrogen-bond donors (Lipinski definition) is 1. The predicted octanol–water partition coefficient (Wildman–Crippen LogP) is 4.25. The van der Waals surface area contributed by atoms with Crippen LogP contribution in [0.15, 0.2) is 65.3 Å². The maximum absolute atomic E-state index is 13.0. The van der Waals surface area contributed by atoms with E-state index < -0.39 is 0 Å². The molecule has 0 unspecified atom stereocenters. The summed E-state index contributed by atoms with van der Waals surface area (Å²) < 4.78 is 2.13. The van der Waals surface area contributed by atoms with Gasteiger partial charge in [-0.1, -0.05) is 12.1 Å². The third-order valence-corrected chi connectivity index (χ3v) is 5.59. The molecule has 0 fully saturated rings. The first kappa shape index (κ1) is 19.7. The van der Waals surface area contributed by atoms with Gasteiger partial charge in [-0.05, 0) is 44.2 Å². The molecular weight excluding hydrogens is 396 g/mol. The predicted molar refractivity (Wildman–Crippen MR) is 119 cm³/mol. The van der Waals surface area contributed by atoms with Crippen LogP contribution in [0.2, 0.25) is 0 Å². The number of carbonyl (C=O) groups is 1. The molecule has 0 saturated carbocycles. The topological polar surface area (TPSA) is 85.1 Å². The van der Waals surface area contributed by atoms with Gasteiger partial charge >= 0.3 is 0 Å². The molecule has 0 aliphatic rings. The van der Waals surface area contributed by atoms with Gasteiger partial charge in [0, 0.05) is 41.8 Å². The zero-order valence-corrected chi connectivity index (χ0v) is 17.6. The maximum atomic E-state index is 13.0. The molecule has 0 radical (unpaired) electrons. The molecule has 0 saturated heterocycles. The van der Waals surface area contributed by atoms with Gasteiger partial charge in [-0.2, -0.15) is 5.10 Å². The molecule has 4 heterocycles. The number of hydrazone groups is 1. The molecule has 0 aliphatic carbocycles. The number of ketones is 1. The third-order valence-electron chi connectivity index (χ3n) is 4.84. The fourth-order valence-electron chi connectivity index (χ4n) is 3.01. The quantitative estimate of drug-likeness (QED) is 0.288. The zero-order chi connectivity index (χ0) is 21.1. The van der Waals surface area contributed by atoms with Gasteiger partial charge in [-0.25, -0.2) is 4.98 Å². The lowest BCUT2D eigenvalue weighted by Gasteiger charge is -2.05. The summed E-state index contributed by atoms with van der Waals surface area (Å²) in [6, 6.07) is 12.6. The largest absolute Gasteiger partial charge is 0.351 e. The Bertz CT molecular complexity index is 1210. The summed E-state index contributed by atoms with van der Waals surface area (Å²) in [5, 5.41) is 6.91. The summed E-state index contributed by atoms with van der Waals surface area (Å²) >= 11 is 1.43. The van der Waals surface area contributed by atoms with Gasteiger partial charge in [0.1, 0.15) is 5.69 Å². The van der Waals surface area contributed by atoms with Crippen molar-refractivity contribution in [3.8, 4) is 11.3 Å². The van der Waals surface area contributed by atoms with E-state index in [0.29, 0.717) is 16.5 Å². The second-order valence-corrected chi connectivity index (χ2v) is 7.57. The first-order valence-electron chi connectivity index (χ1n) is 9.34. The lowest BCUT2D eigenvalue weighted by atomic mass is 10.1. The molecule has 150 valence electrons. The van der Waals surface area contributed by atoms with Crippen LogP contribution in [-0.4, -0.2) is 31.0 Å². The van der Waals surface area contributed by atoms with Crippen LogP contribution in [0.4, 0.5) is 5.13 Å². The minimum Gasteiger partial charge on any atom is -0.351 e. The Hall–Kier alpha value is -3.65. The summed E-state index contributed by atoms with van der Waals surface area (Å²) in [5.74, 6) is -0.312. The van der Waals surface area contributed by atoms with Crippen molar-refractivity contribution >= 4 is 28.0 Å². The van der Waals surface area contributed by atoms with Gasteiger partial charge in [-0.3, -0.25) is 20.2 Å². The molecule has 0 spiro atoms. The fourth-order valence-corrected chi connectivity index (χ4v) is 3.67. The van der Waals surface area contributed by atoms with E-state index in [9.17, 15) is 4.79 Å². The Morgan fingerprint density at radius 3 is 2.37 bits per heavy atom. The van der Waals surface area contributed by atoms with Crippen molar-refractivity contribution in [1.82, 2.24) is 19.5 Å². The minimum absolute atomic E-state index is 0.179. The Labute approximate surface area is 178 Å². The molecular formula is C22H20N6OS. The van der Waals surface area contributed by atoms with Crippen molar-refractivity contribution in [3.05, 3.63) is 83.0 Å². The number of Topliss-reactive ketones (excluding diaryl/α,β-unsaturated/α-hetero) is 1. The van der Waals surface area contributed by atoms with Crippen molar-refractivity contribution < 1.29 is 4.79 Å². The summed E-state index contributed by atoms with van der Waals surface area (Å²) in [4.78, 5) is 26.0. The number of carbonyl (C=O) groups excluding carboxylic acids is 1. The SMILES string of the molecule is Cc1cc(-c2csc(N/N=C(\C(=O)c3ccccn3)c3ccccn3)n2)c(C)n1C. The number of aromatic nitrogens is 4. The Kier molecular flexibility index (Phi) is 5.49. The first-order valence-corrected chi connectivity index (χ1v) is 10.2. The summed E-state index contributed by atoms with van der Waals surface area (Å²) in [6.45, 7) is 4.13. The normalized spacial score (nSPS) is 11.5. The molecule has 0 atom stereocenters. The van der Waals surface area contributed by atoms with Crippen LogP contribution in [0.5, 0.6) is 0 Å². The van der Waals surface area contributed by atoms with Crippen molar-refractivity contribution in [2.24, 2.45) is 12.1 Å². The lowest BCUT2D eigenvalue weighted by molar-refractivity contribution is 0.106. The Balaban J connectivity index is 1.64. The minimum atomic E-state index is -0.312. The van der Waals surface area contributed by atoms with Gasteiger partial charge in [0.05, 0.1) is 11.4 Å². The van der Waals surface area contributed by atoms with E-state index in [0.717, 1.165) is 17.0 Å². The standard InChI is InChI=1S/C22H20N6OS/c1-14-12-16(15(2)28(14)3)19-13-30-22(25-19)27-26-20(17-8-4-6-10-23-17)21(29)18-9-5-7-11-24-18/h4-13H,1-3H3,(H,25,27)/b26-20-. The number of nitrogens with one attached hydrogen (secondary N) is 1. The zero-order valence-electron chi connectivity index (χ0n) is 16.8. The first-order chi connectivity index (χ1) is 14.5. The molecule has 8 heteroatoms.